The molecule has 21 heavy (non-hydrogen) atoms. The van der Waals surface area contributed by atoms with E-state index in [1.165, 1.54) is 31.0 Å². The van der Waals surface area contributed by atoms with E-state index in [-0.39, 0.29) is 5.75 Å². The number of nitrogens with zero attached hydrogens (tertiary/aromatic N) is 4. The van der Waals surface area contributed by atoms with Crippen molar-refractivity contribution in [2.75, 3.05) is 23.7 Å². The van der Waals surface area contributed by atoms with Gasteiger partial charge < -0.3 is 10.0 Å². The molecule has 2 aliphatic carbocycles. The maximum Gasteiger partial charge on any atom is 0.313 e. The first-order chi connectivity index (χ1) is 10.2. The van der Waals surface area contributed by atoms with E-state index in [9.17, 15) is 4.79 Å². The molecule has 1 heterocycles. The first-order valence-corrected chi connectivity index (χ1v) is 8.72. The maximum absolute atomic E-state index is 10.8. The molecule has 2 fully saturated rings. The molecule has 0 saturated heterocycles. The molecule has 2 aliphatic rings. The van der Waals surface area contributed by atoms with E-state index in [0.717, 1.165) is 43.0 Å². The number of carboxylic acid groups (broad SMARTS) is 1. The maximum atomic E-state index is 10.8. The molecule has 1 aromatic rings. The molecule has 3 rings (SSSR count). The number of anilines is 1. The fourth-order valence-corrected chi connectivity index (χ4v) is 3.42. The van der Waals surface area contributed by atoms with Crippen LogP contribution in [-0.2, 0) is 4.79 Å². The zero-order chi connectivity index (χ0) is 14.8. The average Bonchev–Trinajstić information content (AvgIpc) is 3.16. The Morgan fingerprint density at radius 3 is 2.67 bits per heavy atom. The Morgan fingerprint density at radius 1 is 1.38 bits per heavy atom. The minimum atomic E-state index is -0.811. The molecule has 0 bridgehead atoms. The van der Waals surface area contributed by atoms with Gasteiger partial charge in [-0.15, -0.1) is 10.2 Å². The summed E-state index contributed by atoms with van der Waals surface area (Å²) >= 11 is 1.27. The Hall–Kier alpha value is -1.24. The van der Waals surface area contributed by atoms with Crippen molar-refractivity contribution >= 4 is 23.7 Å². The fourth-order valence-electron chi connectivity index (χ4n) is 2.70. The normalized spacial score (nSPS) is 18.5. The summed E-state index contributed by atoms with van der Waals surface area (Å²) in [7, 11) is 0. The summed E-state index contributed by atoms with van der Waals surface area (Å²) in [5, 5.41) is 18.2. The molecular weight excluding hydrogens is 288 g/mol. The van der Waals surface area contributed by atoms with Crippen LogP contribution in [0, 0.1) is 5.92 Å². The molecule has 2 saturated carbocycles. The summed E-state index contributed by atoms with van der Waals surface area (Å²) < 4.78 is 2.16. The quantitative estimate of drug-likeness (QED) is 0.744. The minimum absolute atomic E-state index is 0.0413. The molecular formula is C14H22N4O2S. The van der Waals surface area contributed by atoms with Gasteiger partial charge in [-0.05, 0) is 38.5 Å². The lowest BCUT2D eigenvalue weighted by Crippen LogP contribution is -2.34. The minimum Gasteiger partial charge on any atom is -0.481 e. The third kappa shape index (κ3) is 3.33. The zero-order valence-corrected chi connectivity index (χ0v) is 13.2. The third-order valence-electron chi connectivity index (χ3n) is 4.25. The van der Waals surface area contributed by atoms with Gasteiger partial charge >= 0.3 is 5.97 Å². The molecule has 0 amide bonds. The Bertz CT molecular complexity index is 511. The molecule has 6 nitrogen and oxygen atoms in total. The summed E-state index contributed by atoms with van der Waals surface area (Å²) in [6, 6.07) is 0.460. The van der Waals surface area contributed by atoms with Gasteiger partial charge in [0.05, 0.1) is 5.75 Å². The van der Waals surface area contributed by atoms with Gasteiger partial charge in [0.2, 0.25) is 5.95 Å². The third-order valence-corrected chi connectivity index (χ3v) is 5.18. The predicted octanol–water partition coefficient (Wildman–Crippen LogP) is 2.42. The highest BCUT2D eigenvalue weighted by Gasteiger charge is 2.32. The van der Waals surface area contributed by atoms with E-state index in [4.69, 9.17) is 5.11 Å². The van der Waals surface area contributed by atoms with Crippen molar-refractivity contribution in [3.05, 3.63) is 0 Å². The van der Waals surface area contributed by atoms with Crippen LogP contribution >= 0.6 is 11.8 Å². The summed E-state index contributed by atoms with van der Waals surface area (Å²) in [5.41, 5.74) is 0. The van der Waals surface area contributed by atoms with Crippen molar-refractivity contribution in [2.24, 2.45) is 5.92 Å². The largest absolute Gasteiger partial charge is 0.481 e. The summed E-state index contributed by atoms with van der Waals surface area (Å²) in [4.78, 5) is 13.1. The molecule has 116 valence electrons. The van der Waals surface area contributed by atoms with Gasteiger partial charge in [0.15, 0.2) is 5.16 Å². The van der Waals surface area contributed by atoms with E-state index in [1.807, 2.05) is 0 Å². The standard InChI is InChI=1S/C14H22N4O2S/c1-2-17(8-10-4-3-5-10)13-15-16-14(21-9-12(19)20)18(13)11-6-7-11/h10-11H,2-9H2,1H3,(H,19,20). The Morgan fingerprint density at radius 2 is 2.14 bits per heavy atom. The molecule has 0 aliphatic heterocycles. The van der Waals surface area contributed by atoms with Crippen LogP contribution in [0.2, 0.25) is 0 Å². The van der Waals surface area contributed by atoms with Gasteiger partial charge in [-0.1, -0.05) is 18.2 Å². The summed E-state index contributed by atoms with van der Waals surface area (Å²) in [6.07, 6.45) is 6.26. The highest BCUT2D eigenvalue weighted by molar-refractivity contribution is 7.99. The van der Waals surface area contributed by atoms with E-state index in [2.05, 4.69) is 26.6 Å². The first-order valence-electron chi connectivity index (χ1n) is 7.73. The molecule has 0 aromatic carbocycles. The van der Waals surface area contributed by atoms with Gasteiger partial charge in [0, 0.05) is 19.1 Å². The van der Waals surface area contributed by atoms with E-state index in [0.29, 0.717) is 6.04 Å². The number of aliphatic carboxylic acids is 1. The van der Waals surface area contributed by atoms with Crippen LogP contribution in [0.5, 0.6) is 0 Å². The van der Waals surface area contributed by atoms with E-state index in [1.54, 1.807) is 0 Å². The van der Waals surface area contributed by atoms with Crippen LogP contribution in [0.25, 0.3) is 0 Å². The lowest BCUT2D eigenvalue weighted by Gasteiger charge is -2.32. The number of hydrogen-bond donors (Lipinski definition) is 1. The monoisotopic (exact) mass is 310 g/mol. The van der Waals surface area contributed by atoms with Gasteiger partial charge in [-0.25, -0.2) is 0 Å². The Labute approximate surface area is 128 Å². The second-order valence-corrected chi connectivity index (χ2v) is 6.84. The second kappa shape index (κ2) is 6.25. The summed E-state index contributed by atoms with van der Waals surface area (Å²) in [5.74, 6) is 0.942. The lowest BCUT2D eigenvalue weighted by molar-refractivity contribution is -0.133. The van der Waals surface area contributed by atoms with Gasteiger partial charge in [0.25, 0.3) is 0 Å². The number of carboxylic acids is 1. The first kappa shape index (κ1) is 14.7. The van der Waals surface area contributed by atoms with Crippen molar-refractivity contribution in [1.82, 2.24) is 14.8 Å². The number of thioether (sulfide) groups is 1. The average molecular weight is 310 g/mol. The fraction of sp³-hybridized carbons (Fsp3) is 0.786. The number of aromatic nitrogens is 3. The van der Waals surface area contributed by atoms with Crippen molar-refractivity contribution < 1.29 is 9.90 Å². The number of rotatable bonds is 8. The van der Waals surface area contributed by atoms with Crippen molar-refractivity contribution in [3.8, 4) is 0 Å². The molecule has 1 N–H and O–H groups in total. The van der Waals surface area contributed by atoms with Crippen LogP contribution in [0.1, 0.15) is 45.1 Å². The molecule has 0 unspecified atom stereocenters. The lowest BCUT2D eigenvalue weighted by atomic mass is 9.85. The smallest absolute Gasteiger partial charge is 0.313 e. The molecule has 7 heteroatoms. The van der Waals surface area contributed by atoms with Crippen LogP contribution in [0.15, 0.2) is 5.16 Å². The van der Waals surface area contributed by atoms with E-state index >= 15 is 0 Å². The molecule has 0 radical (unpaired) electrons. The van der Waals surface area contributed by atoms with Crippen LogP contribution in [0.3, 0.4) is 0 Å². The van der Waals surface area contributed by atoms with Gasteiger partial charge in [0.1, 0.15) is 0 Å². The zero-order valence-electron chi connectivity index (χ0n) is 12.4. The van der Waals surface area contributed by atoms with Gasteiger partial charge in [-0.2, -0.15) is 0 Å². The molecule has 1 aromatic heterocycles. The highest BCUT2D eigenvalue weighted by atomic mass is 32.2. The van der Waals surface area contributed by atoms with Crippen LogP contribution in [0.4, 0.5) is 5.95 Å². The SMILES string of the molecule is CCN(CC1CCC1)c1nnc(SCC(=O)O)n1C1CC1. The number of hydrogen-bond acceptors (Lipinski definition) is 5. The molecule has 0 atom stereocenters. The Kier molecular flexibility index (Phi) is 4.37. The van der Waals surface area contributed by atoms with Crippen molar-refractivity contribution in [3.63, 3.8) is 0 Å². The predicted molar refractivity (Wildman–Crippen MR) is 81.9 cm³/mol. The van der Waals surface area contributed by atoms with Crippen LogP contribution < -0.4 is 4.90 Å². The number of carbonyl (C=O) groups is 1. The topological polar surface area (TPSA) is 71.2 Å². The Balaban J connectivity index is 1.77. The van der Waals surface area contributed by atoms with Crippen molar-refractivity contribution in [1.29, 1.82) is 0 Å². The second-order valence-electron chi connectivity index (χ2n) is 5.90. The summed E-state index contributed by atoms with van der Waals surface area (Å²) in [6.45, 7) is 4.12. The van der Waals surface area contributed by atoms with Crippen molar-refractivity contribution in [2.45, 2.75) is 50.2 Å². The van der Waals surface area contributed by atoms with Gasteiger partial charge in [-0.3, -0.25) is 9.36 Å². The highest BCUT2D eigenvalue weighted by Crippen LogP contribution is 2.41. The van der Waals surface area contributed by atoms with Crippen LogP contribution in [-0.4, -0.2) is 44.7 Å². The van der Waals surface area contributed by atoms with E-state index < -0.39 is 5.97 Å². The molecule has 0 spiro atoms.